The summed E-state index contributed by atoms with van der Waals surface area (Å²) < 4.78 is 0. The summed E-state index contributed by atoms with van der Waals surface area (Å²) in [6, 6.07) is 3.21. The van der Waals surface area contributed by atoms with Crippen LogP contribution in [0.4, 0.5) is 0 Å². The van der Waals surface area contributed by atoms with E-state index in [9.17, 15) is 5.26 Å². The lowest BCUT2D eigenvalue weighted by molar-refractivity contribution is 0.199. The number of nitriles is 1. The van der Waals surface area contributed by atoms with Crippen molar-refractivity contribution in [2.45, 2.75) is 57.5 Å². The standard InChI is InChI=1S/C16H32N4/c1-5-16(14-17,18-6-2)10-8-12-20-11-7-9-15(20)13-19(3)4/h15,18H,5-13H2,1-4H3. The number of rotatable bonds is 9. The molecule has 0 saturated carbocycles. The predicted octanol–water partition coefficient (Wildman–Crippen LogP) is 2.07. The highest BCUT2D eigenvalue weighted by molar-refractivity contribution is 5.06. The lowest BCUT2D eigenvalue weighted by atomic mass is 9.92. The van der Waals surface area contributed by atoms with Gasteiger partial charge in [-0.1, -0.05) is 13.8 Å². The van der Waals surface area contributed by atoms with Crippen molar-refractivity contribution in [2.75, 3.05) is 40.3 Å². The Balaban J connectivity index is 2.40. The highest BCUT2D eigenvalue weighted by Crippen LogP contribution is 2.21. The monoisotopic (exact) mass is 280 g/mol. The van der Waals surface area contributed by atoms with E-state index in [1.165, 1.54) is 19.4 Å². The molecule has 0 spiro atoms. The maximum Gasteiger partial charge on any atom is 0.106 e. The molecule has 0 aromatic rings. The highest BCUT2D eigenvalue weighted by atomic mass is 15.2. The zero-order valence-electron chi connectivity index (χ0n) is 13.8. The Morgan fingerprint density at radius 3 is 2.70 bits per heavy atom. The minimum atomic E-state index is -0.314. The van der Waals surface area contributed by atoms with Gasteiger partial charge in [0, 0.05) is 12.6 Å². The lowest BCUT2D eigenvalue weighted by Crippen LogP contribution is -2.44. The molecule has 4 nitrogen and oxygen atoms in total. The minimum absolute atomic E-state index is 0.314. The van der Waals surface area contributed by atoms with Crippen LogP contribution in [0.15, 0.2) is 0 Å². The average molecular weight is 280 g/mol. The molecule has 4 heteroatoms. The van der Waals surface area contributed by atoms with Crippen molar-refractivity contribution < 1.29 is 0 Å². The molecule has 1 heterocycles. The maximum absolute atomic E-state index is 9.44. The third-order valence-corrected chi connectivity index (χ3v) is 4.46. The molecule has 1 saturated heterocycles. The van der Waals surface area contributed by atoms with Gasteiger partial charge in [0.05, 0.1) is 6.07 Å². The SMILES string of the molecule is CCNC(C#N)(CC)CCCN1CCCC1CN(C)C. The summed E-state index contributed by atoms with van der Waals surface area (Å²) >= 11 is 0. The van der Waals surface area contributed by atoms with E-state index < -0.39 is 0 Å². The van der Waals surface area contributed by atoms with E-state index in [4.69, 9.17) is 0 Å². The van der Waals surface area contributed by atoms with Crippen LogP contribution >= 0.6 is 0 Å². The molecule has 2 atom stereocenters. The fourth-order valence-corrected chi connectivity index (χ4v) is 3.30. The van der Waals surface area contributed by atoms with Crippen molar-refractivity contribution in [1.82, 2.24) is 15.1 Å². The molecular formula is C16H32N4. The second kappa shape index (κ2) is 8.61. The smallest absolute Gasteiger partial charge is 0.106 e. The summed E-state index contributed by atoms with van der Waals surface area (Å²) in [5.41, 5.74) is -0.314. The zero-order chi connectivity index (χ0) is 15.0. The average Bonchev–Trinajstić information content (AvgIpc) is 2.84. The Bertz CT molecular complexity index is 310. The normalized spacial score (nSPS) is 22.9. The molecule has 0 radical (unpaired) electrons. The van der Waals surface area contributed by atoms with E-state index in [1.54, 1.807) is 0 Å². The number of nitrogens with zero attached hydrogens (tertiary/aromatic N) is 3. The first-order chi connectivity index (χ1) is 9.56. The van der Waals surface area contributed by atoms with Gasteiger partial charge in [-0.2, -0.15) is 5.26 Å². The van der Waals surface area contributed by atoms with Crippen LogP contribution in [0.2, 0.25) is 0 Å². The van der Waals surface area contributed by atoms with Gasteiger partial charge in [0.1, 0.15) is 5.54 Å². The first-order valence-corrected chi connectivity index (χ1v) is 8.12. The summed E-state index contributed by atoms with van der Waals surface area (Å²) in [6.45, 7) is 8.57. The molecule has 0 bridgehead atoms. The van der Waals surface area contributed by atoms with Crippen LogP contribution in [-0.4, -0.2) is 61.7 Å². The third-order valence-electron chi connectivity index (χ3n) is 4.46. The van der Waals surface area contributed by atoms with Crippen molar-refractivity contribution in [1.29, 1.82) is 5.26 Å². The number of hydrogen-bond donors (Lipinski definition) is 1. The topological polar surface area (TPSA) is 42.3 Å². The van der Waals surface area contributed by atoms with Crippen LogP contribution in [0.3, 0.4) is 0 Å². The first kappa shape index (κ1) is 17.4. The molecule has 0 amide bonds. The van der Waals surface area contributed by atoms with Gasteiger partial charge in [0.15, 0.2) is 0 Å². The van der Waals surface area contributed by atoms with Gasteiger partial charge in [-0.05, 0) is 65.8 Å². The van der Waals surface area contributed by atoms with Gasteiger partial charge >= 0.3 is 0 Å². The van der Waals surface area contributed by atoms with Crippen molar-refractivity contribution in [3.8, 4) is 6.07 Å². The molecular weight excluding hydrogens is 248 g/mol. The van der Waals surface area contributed by atoms with E-state index in [0.29, 0.717) is 6.04 Å². The fourth-order valence-electron chi connectivity index (χ4n) is 3.30. The lowest BCUT2D eigenvalue weighted by Gasteiger charge is -2.30. The van der Waals surface area contributed by atoms with Gasteiger partial charge in [-0.15, -0.1) is 0 Å². The number of likely N-dealkylation sites (tertiary alicyclic amines) is 1. The minimum Gasteiger partial charge on any atom is -0.308 e. The van der Waals surface area contributed by atoms with E-state index in [-0.39, 0.29) is 5.54 Å². The summed E-state index contributed by atoms with van der Waals surface area (Å²) in [5.74, 6) is 0. The molecule has 0 aromatic carbocycles. The molecule has 1 aliphatic heterocycles. The molecule has 1 aliphatic rings. The van der Waals surface area contributed by atoms with Crippen molar-refractivity contribution >= 4 is 0 Å². The summed E-state index contributed by atoms with van der Waals surface area (Å²) in [7, 11) is 4.30. The third kappa shape index (κ3) is 5.05. The number of hydrogen-bond acceptors (Lipinski definition) is 4. The van der Waals surface area contributed by atoms with E-state index in [2.05, 4.69) is 49.1 Å². The van der Waals surface area contributed by atoms with E-state index in [0.717, 1.165) is 38.9 Å². The highest BCUT2D eigenvalue weighted by Gasteiger charge is 2.28. The van der Waals surface area contributed by atoms with Gasteiger partial charge in [0.2, 0.25) is 0 Å². The van der Waals surface area contributed by atoms with E-state index >= 15 is 0 Å². The van der Waals surface area contributed by atoms with Crippen LogP contribution in [0.25, 0.3) is 0 Å². The Morgan fingerprint density at radius 2 is 2.15 bits per heavy atom. The molecule has 1 N–H and O–H groups in total. The predicted molar refractivity (Wildman–Crippen MR) is 84.7 cm³/mol. The fraction of sp³-hybridized carbons (Fsp3) is 0.938. The molecule has 116 valence electrons. The van der Waals surface area contributed by atoms with Crippen LogP contribution in [0, 0.1) is 11.3 Å². The second-order valence-corrected chi connectivity index (χ2v) is 6.28. The van der Waals surface area contributed by atoms with E-state index in [1.807, 2.05) is 0 Å². The number of nitrogens with one attached hydrogen (secondary N) is 1. The molecule has 1 rings (SSSR count). The summed E-state index contributed by atoms with van der Waals surface area (Å²) in [4.78, 5) is 4.90. The van der Waals surface area contributed by atoms with Gasteiger partial charge in [0.25, 0.3) is 0 Å². The van der Waals surface area contributed by atoms with Gasteiger partial charge < -0.3 is 4.90 Å². The molecule has 2 unspecified atom stereocenters. The maximum atomic E-state index is 9.44. The van der Waals surface area contributed by atoms with Crippen LogP contribution in [0.5, 0.6) is 0 Å². The largest absolute Gasteiger partial charge is 0.308 e. The Morgan fingerprint density at radius 1 is 1.40 bits per heavy atom. The van der Waals surface area contributed by atoms with Crippen LogP contribution < -0.4 is 5.32 Å². The Labute approximate surface area is 125 Å². The summed E-state index contributed by atoms with van der Waals surface area (Å²) in [5, 5.41) is 12.8. The molecule has 0 aromatic heterocycles. The Hall–Kier alpha value is -0.630. The molecule has 0 aliphatic carbocycles. The number of likely N-dealkylation sites (N-methyl/N-ethyl adjacent to an activating group) is 1. The van der Waals surface area contributed by atoms with Crippen molar-refractivity contribution in [3.63, 3.8) is 0 Å². The Kier molecular flexibility index (Phi) is 7.50. The van der Waals surface area contributed by atoms with Crippen LogP contribution in [0.1, 0.15) is 46.0 Å². The second-order valence-electron chi connectivity index (χ2n) is 6.28. The van der Waals surface area contributed by atoms with Gasteiger partial charge in [-0.25, -0.2) is 0 Å². The molecule has 1 fully saturated rings. The zero-order valence-corrected chi connectivity index (χ0v) is 13.8. The van der Waals surface area contributed by atoms with Crippen molar-refractivity contribution in [2.24, 2.45) is 0 Å². The van der Waals surface area contributed by atoms with Crippen LogP contribution in [-0.2, 0) is 0 Å². The molecule has 20 heavy (non-hydrogen) atoms. The quantitative estimate of drug-likeness (QED) is 0.702. The van der Waals surface area contributed by atoms with Gasteiger partial charge in [-0.3, -0.25) is 10.2 Å². The first-order valence-electron chi connectivity index (χ1n) is 8.12. The summed E-state index contributed by atoms with van der Waals surface area (Å²) in [6.07, 6.45) is 5.60. The van der Waals surface area contributed by atoms with Crippen molar-refractivity contribution in [3.05, 3.63) is 0 Å².